The van der Waals surface area contributed by atoms with Crippen LogP contribution in [0, 0.1) is 10.1 Å². The second kappa shape index (κ2) is 8.66. The lowest BCUT2D eigenvalue weighted by Crippen LogP contribution is -2.38. The van der Waals surface area contributed by atoms with E-state index in [-0.39, 0.29) is 17.6 Å². The topological polar surface area (TPSA) is 75.5 Å². The van der Waals surface area contributed by atoms with E-state index < -0.39 is 4.92 Å². The van der Waals surface area contributed by atoms with E-state index in [4.69, 9.17) is 0 Å². The number of carbonyl (C=O) groups is 1. The van der Waals surface area contributed by atoms with Gasteiger partial charge in [-0.25, -0.2) is 0 Å². The van der Waals surface area contributed by atoms with E-state index in [0.717, 1.165) is 31.2 Å². The molecule has 0 radical (unpaired) electrons. The maximum absolute atomic E-state index is 13.1. The second-order valence-corrected chi connectivity index (χ2v) is 7.03. The highest BCUT2D eigenvalue weighted by Crippen LogP contribution is 2.27. The van der Waals surface area contributed by atoms with Gasteiger partial charge in [0.15, 0.2) is 0 Å². The zero-order valence-corrected chi connectivity index (χ0v) is 15.6. The van der Waals surface area contributed by atoms with Gasteiger partial charge in [-0.05, 0) is 24.5 Å². The first-order chi connectivity index (χ1) is 13.1. The molecule has 1 saturated carbocycles. The van der Waals surface area contributed by atoms with Crippen molar-refractivity contribution in [2.45, 2.75) is 44.7 Å². The third kappa shape index (κ3) is 4.64. The molecule has 0 spiro atoms. The van der Waals surface area contributed by atoms with E-state index in [9.17, 15) is 14.9 Å². The zero-order valence-electron chi connectivity index (χ0n) is 15.6. The van der Waals surface area contributed by atoms with E-state index in [1.165, 1.54) is 18.6 Å². The van der Waals surface area contributed by atoms with Crippen molar-refractivity contribution in [2.75, 3.05) is 12.4 Å². The summed E-state index contributed by atoms with van der Waals surface area (Å²) < 4.78 is 0. The summed E-state index contributed by atoms with van der Waals surface area (Å²) in [6.07, 6.45) is 5.43. The van der Waals surface area contributed by atoms with Crippen LogP contribution >= 0.6 is 0 Å². The monoisotopic (exact) mass is 367 g/mol. The first-order valence-electron chi connectivity index (χ1n) is 9.39. The molecule has 0 unspecified atom stereocenters. The Bertz CT molecular complexity index is 802. The van der Waals surface area contributed by atoms with Gasteiger partial charge in [0, 0.05) is 37.5 Å². The number of nitrogens with zero attached hydrogens (tertiary/aromatic N) is 2. The van der Waals surface area contributed by atoms with Gasteiger partial charge in [0.2, 0.25) is 0 Å². The molecular formula is C21H25N3O3. The molecule has 27 heavy (non-hydrogen) atoms. The highest BCUT2D eigenvalue weighted by Gasteiger charge is 2.26. The van der Waals surface area contributed by atoms with Crippen LogP contribution in [0.15, 0.2) is 48.5 Å². The third-order valence-corrected chi connectivity index (χ3v) is 5.21. The number of hydrogen-bond donors (Lipinski definition) is 1. The Balaban J connectivity index is 1.84. The number of nitrogens with one attached hydrogen (secondary N) is 1. The number of benzene rings is 2. The Kier molecular flexibility index (Phi) is 6.06. The van der Waals surface area contributed by atoms with Crippen LogP contribution in [0.1, 0.15) is 48.0 Å². The van der Waals surface area contributed by atoms with Crippen LogP contribution < -0.4 is 5.32 Å². The average molecular weight is 367 g/mol. The van der Waals surface area contributed by atoms with Crippen molar-refractivity contribution in [1.82, 2.24) is 4.90 Å². The first kappa shape index (κ1) is 18.9. The lowest BCUT2D eigenvalue weighted by molar-refractivity contribution is -0.384. The van der Waals surface area contributed by atoms with Gasteiger partial charge in [-0.15, -0.1) is 0 Å². The summed E-state index contributed by atoms with van der Waals surface area (Å²) in [6, 6.07) is 14.5. The molecular weight excluding hydrogens is 342 g/mol. The Labute approximate surface area is 159 Å². The molecule has 1 aliphatic rings. The van der Waals surface area contributed by atoms with Crippen molar-refractivity contribution in [3.8, 4) is 0 Å². The highest BCUT2D eigenvalue weighted by atomic mass is 16.6. The van der Waals surface area contributed by atoms with Crippen molar-refractivity contribution in [2.24, 2.45) is 0 Å². The number of nitro groups is 1. The molecule has 1 N–H and O–H groups in total. The standard InChI is InChI=1S/C21H25N3O3/c1-23(17-10-6-3-7-11-17)21(25)19-14-18(24(26)27)12-13-20(19)22-15-16-8-4-2-5-9-16/h2,4-5,8-9,12-14,17,22H,3,6-7,10-11,15H2,1H3. The molecule has 0 bridgehead atoms. The summed E-state index contributed by atoms with van der Waals surface area (Å²) in [7, 11) is 1.80. The Morgan fingerprint density at radius 2 is 1.85 bits per heavy atom. The molecule has 2 aromatic rings. The first-order valence-corrected chi connectivity index (χ1v) is 9.39. The molecule has 0 saturated heterocycles. The molecule has 0 heterocycles. The van der Waals surface area contributed by atoms with Crippen LogP contribution in [-0.4, -0.2) is 28.8 Å². The summed E-state index contributed by atoms with van der Waals surface area (Å²) in [6.45, 7) is 0.548. The molecule has 142 valence electrons. The second-order valence-electron chi connectivity index (χ2n) is 7.03. The number of carbonyl (C=O) groups excluding carboxylic acids is 1. The van der Waals surface area contributed by atoms with Crippen molar-refractivity contribution in [1.29, 1.82) is 0 Å². The fraction of sp³-hybridized carbons (Fsp3) is 0.381. The van der Waals surface area contributed by atoms with Gasteiger partial charge >= 0.3 is 0 Å². The van der Waals surface area contributed by atoms with E-state index in [2.05, 4.69) is 5.32 Å². The lowest BCUT2D eigenvalue weighted by Gasteiger charge is -2.31. The molecule has 0 aromatic heterocycles. The maximum atomic E-state index is 13.1. The molecule has 6 heteroatoms. The molecule has 3 rings (SSSR count). The molecule has 1 aliphatic carbocycles. The highest BCUT2D eigenvalue weighted by molar-refractivity contribution is 6.00. The van der Waals surface area contributed by atoms with Crippen LogP contribution in [0.5, 0.6) is 0 Å². The summed E-state index contributed by atoms with van der Waals surface area (Å²) in [4.78, 5) is 25.6. The van der Waals surface area contributed by atoms with Crippen molar-refractivity contribution in [3.05, 3.63) is 69.8 Å². The fourth-order valence-electron chi connectivity index (χ4n) is 3.59. The molecule has 1 fully saturated rings. The van der Waals surface area contributed by atoms with E-state index >= 15 is 0 Å². The summed E-state index contributed by atoms with van der Waals surface area (Å²) >= 11 is 0. The molecule has 2 aromatic carbocycles. The SMILES string of the molecule is CN(C(=O)c1cc([N+](=O)[O-])ccc1NCc1ccccc1)C1CCCCC1. The number of amides is 1. The zero-order chi connectivity index (χ0) is 19.2. The molecule has 0 atom stereocenters. The third-order valence-electron chi connectivity index (χ3n) is 5.21. The van der Waals surface area contributed by atoms with Crippen LogP contribution in [0.25, 0.3) is 0 Å². The summed E-state index contributed by atoms with van der Waals surface area (Å²) in [5.74, 6) is -0.166. The molecule has 6 nitrogen and oxygen atoms in total. The van der Waals surface area contributed by atoms with Crippen LogP contribution in [-0.2, 0) is 6.54 Å². The predicted molar refractivity (Wildman–Crippen MR) is 106 cm³/mol. The molecule has 1 amide bonds. The van der Waals surface area contributed by atoms with Gasteiger partial charge in [-0.1, -0.05) is 49.6 Å². The minimum atomic E-state index is -0.460. The number of nitro benzene ring substituents is 1. The number of hydrogen-bond acceptors (Lipinski definition) is 4. The lowest BCUT2D eigenvalue weighted by atomic mass is 9.94. The quantitative estimate of drug-likeness (QED) is 0.597. The Morgan fingerprint density at radius 1 is 1.15 bits per heavy atom. The minimum absolute atomic E-state index is 0.0688. The average Bonchev–Trinajstić information content (AvgIpc) is 2.72. The smallest absolute Gasteiger partial charge is 0.270 e. The van der Waals surface area contributed by atoms with Crippen molar-refractivity contribution >= 4 is 17.3 Å². The number of non-ortho nitro benzene ring substituents is 1. The summed E-state index contributed by atoms with van der Waals surface area (Å²) in [5, 5.41) is 14.5. The fourth-order valence-corrected chi connectivity index (χ4v) is 3.59. The normalized spacial score (nSPS) is 14.6. The maximum Gasteiger partial charge on any atom is 0.270 e. The number of anilines is 1. The van der Waals surface area contributed by atoms with Crippen LogP contribution in [0.4, 0.5) is 11.4 Å². The van der Waals surface area contributed by atoms with E-state index in [1.807, 2.05) is 30.3 Å². The Morgan fingerprint density at radius 3 is 2.52 bits per heavy atom. The van der Waals surface area contributed by atoms with Gasteiger partial charge in [-0.2, -0.15) is 0 Å². The summed E-state index contributed by atoms with van der Waals surface area (Å²) in [5.41, 5.74) is 1.99. The van der Waals surface area contributed by atoms with Crippen LogP contribution in [0.3, 0.4) is 0 Å². The largest absolute Gasteiger partial charge is 0.380 e. The van der Waals surface area contributed by atoms with Gasteiger partial charge < -0.3 is 10.2 Å². The number of rotatable bonds is 6. The van der Waals surface area contributed by atoms with Crippen molar-refractivity contribution < 1.29 is 9.72 Å². The van der Waals surface area contributed by atoms with E-state index in [1.54, 1.807) is 18.0 Å². The van der Waals surface area contributed by atoms with Crippen molar-refractivity contribution in [3.63, 3.8) is 0 Å². The van der Waals surface area contributed by atoms with E-state index in [0.29, 0.717) is 17.8 Å². The van der Waals surface area contributed by atoms with Gasteiger partial charge in [0.1, 0.15) is 0 Å². The molecule has 0 aliphatic heterocycles. The van der Waals surface area contributed by atoms with Gasteiger partial charge in [-0.3, -0.25) is 14.9 Å². The van der Waals surface area contributed by atoms with Gasteiger partial charge in [0.25, 0.3) is 11.6 Å². The van der Waals surface area contributed by atoms with Crippen LogP contribution in [0.2, 0.25) is 0 Å². The Hall–Kier alpha value is -2.89. The predicted octanol–water partition coefficient (Wildman–Crippen LogP) is 4.61. The minimum Gasteiger partial charge on any atom is -0.380 e. The van der Waals surface area contributed by atoms with Gasteiger partial charge in [0.05, 0.1) is 10.5 Å².